The van der Waals surface area contributed by atoms with Crippen molar-refractivity contribution < 1.29 is 18.1 Å². The van der Waals surface area contributed by atoms with Crippen molar-refractivity contribution in [3.05, 3.63) is 0 Å². The summed E-state index contributed by atoms with van der Waals surface area (Å²) in [7, 11) is -2.72. The van der Waals surface area contributed by atoms with Gasteiger partial charge in [-0.15, -0.1) is 0 Å². The molecule has 0 fully saturated rings. The minimum absolute atomic E-state index is 0.0477. The van der Waals surface area contributed by atoms with Gasteiger partial charge in [0.15, 0.2) is 5.12 Å². The monoisotopic (exact) mass is 308 g/mol. The lowest BCUT2D eigenvalue weighted by Gasteiger charge is -2.34. The van der Waals surface area contributed by atoms with Gasteiger partial charge in [0.2, 0.25) is 0 Å². The molecule has 0 unspecified atom stereocenters. The Hall–Kier alpha value is 0.117. The fourth-order valence-electron chi connectivity index (χ4n) is 1.66. The Morgan fingerprint density at radius 3 is 1.58 bits per heavy atom. The fraction of sp³-hybridized carbons (Fsp3) is 0.923. The predicted octanol–water partition coefficient (Wildman–Crippen LogP) is 3.48. The maximum atomic E-state index is 11.1. The first-order valence-electron chi connectivity index (χ1n) is 6.83. The molecule has 0 bridgehead atoms. The maximum Gasteiger partial charge on any atom is 0.502 e. The average Bonchev–Trinajstić information content (AvgIpc) is 2.12. The number of carbonyl (C=O) groups is 1. The molecule has 0 aliphatic carbocycles. The average molecular weight is 309 g/mol. The summed E-state index contributed by atoms with van der Waals surface area (Å²) in [5, 5.41) is 0.113. The molecule has 19 heavy (non-hydrogen) atoms. The number of hydrogen-bond donors (Lipinski definition) is 0. The maximum absolute atomic E-state index is 11.1. The molecule has 0 atom stereocenters. The van der Waals surface area contributed by atoms with Gasteiger partial charge in [-0.25, -0.2) is 0 Å². The van der Waals surface area contributed by atoms with E-state index in [2.05, 4.69) is 0 Å². The highest BCUT2D eigenvalue weighted by Gasteiger charge is 2.43. The second-order valence-corrected chi connectivity index (χ2v) is 9.12. The van der Waals surface area contributed by atoms with Gasteiger partial charge in [0.05, 0.1) is 0 Å². The Bertz CT molecular complexity index is 243. The molecule has 0 N–H and O–H groups in total. The smallest absolute Gasteiger partial charge is 0.371 e. The number of carbonyl (C=O) groups excluding carboxylic acids is 1. The van der Waals surface area contributed by atoms with E-state index >= 15 is 0 Å². The van der Waals surface area contributed by atoms with Crippen LogP contribution < -0.4 is 0 Å². The highest BCUT2D eigenvalue weighted by Crippen LogP contribution is 2.24. The molecule has 114 valence electrons. The lowest BCUT2D eigenvalue weighted by atomic mass is 10.5. The van der Waals surface area contributed by atoms with Crippen LogP contribution in [0, 0.1) is 0 Å². The van der Waals surface area contributed by atoms with E-state index in [1.54, 1.807) is 6.92 Å². The van der Waals surface area contributed by atoms with Gasteiger partial charge >= 0.3 is 8.80 Å². The molecule has 0 rings (SSSR count). The molecule has 0 aromatic rings. The van der Waals surface area contributed by atoms with Crippen molar-refractivity contribution in [2.24, 2.45) is 0 Å². The number of thioether (sulfide) groups is 1. The van der Waals surface area contributed by atoms with Gasteiger partial charge in [-0.05, 0) is 41.5 Å². The van der Waals surface area contributed by atoms with Crippen LogP contribution in [0.15, 0.2) is 0 Å². The number of hydrogen-bond acceptors (Lipinski definition) is 5. The summed E-state index contributed by atoms with van der Waals surface area (Å²) in [6.45, 7) is 13.4. The van der Waals surface area contributed by atoms with Gasteiger partial charge in [-0.2, -0.15) is 0 Å². The zero-order valence-corrected chi connectivity index (χ0v) is 15.0. The van der Waals surface area contributed by atoms with Crippen LogP contribution in [0.1, 0.15) is 48.5 Å². The summed E-state index contributed by atoms with van der Waals surface area (Å²) in [6.07, 6.45) is 0.143. The second-order valence-electron chi connectivity index (χ2n) is 5.27. The molecule has 0 aromatic carbocycles. The zero-order valence-electron chi connectivity index (χ0n) is 13.2. The van der Waals surface area contributed by atoms with Crippen molar-refractivity contribution in [2.45, 2.75) is 72.8 Å². The first kappa shape index (κ1) is 19.1. The van der Waals surface area contributed by atoms with E-state index in [0.717, 1.165) is 0 Å². The molecular weight excluding hydrogens is 280 g/mol. The summed E-state index contributed by atoms with van der Waals surface area (Å²) in [5.41, 5.74) is 0. The molecule has 0 amide bonds. The molecule has 0 saturated carbocycles. The van der Waals surface area contributed by atoms with Crippen molar-refractivity contribution >= 4 is 25.7 Å². The van der Waals surface area contributed by atoms with Crippen molar-refractivity contribution in [2.75, 3.05) is 5.75 Å². The summed E-state index contributed by atoms with van der Waals surface area (Å²) >= 11 is 1.30. The standard InChI is InChI=1S/C13H28O4SSi/c1-10(2)15-19(16-11(3)4,17-12(5)6)9-8-18-13(7)14/h10-12H,8-9H2,1-7H3. The minimum atomic E-state index is -2.72. The van der Waals surface area contributed by atoms with Crippen molar-refractivity contribution in [1.29, 1.82) is 0 Å². The Kier molecular flexibility index (Phi) is 9.18. The van der Waals surface area contributed by atoms with Crippen LogP contribution in [-0.2, 0) is 18.1 Å². The summed E-state index contributed by atoms with van der Waals surface area (Å²) in [4.78, 5) is 11.1. The summed E-state index contributed by atoms with van der Waals surface area (Å²) < 4.78 is 18.0. The largest absolute Gasteiger partial charge is 0.502 e. The van der Waals surface area contributed by atoms with Gasteiger partial charge in [-0.1, -0.05) is 11.8 Å². The van der Waals surface area contributed by atoms with E-state index in [9.17, 15) is 4.79 Å². The topological polar surface area (TPSA) is 44.8 Å². The van der Waals surface area contributed by atoms with Gasteiger partial charge in [0, 0.05) is 37.0 Å². The van der Waals surface area contributed by atoms with Crippen molar-refractivity contribution in [3.8, 4) is 0 Å². The van der Waals surface area contributed by atoms with E-state index in [1.165, 1.54) is 11.8 Å². The van der Waals surface area contributed by atoms with Crippen LogP contribution in [0.3, 0.4) is 0 Å². The molecular formula is C13H28O4SSi. The summed E-state index contributed by atoms with van der Waals surface area (Å²) in [6, 6.07) is 0.659. The molecule has 4 nitrogen and oxygen atoms in total. The molecule has 0 saturated heterocycles. The molecule has 0 spiro atoms. The Morgan fingerprint density at radius 1 is 0.947 bits per heavy atom. The Labute approximate surface area is 122 Å². The normalized spacial score (nSPS) is 12.7. The first-order chi connectivity index (χ1) is 8.67. The Morgan fingerprint density at radius 2 is 1.32 bits per heavy atom. The minimum Gasteiger partial charge on any atom is -0.371 e. The lowest BCUT2D eigenvalue weighted by Crippen LogP contribution is -2.51. The van der Waals surface area contributed by atoms with Crippen LogP contribution in [0.2, 0.25) is 6.04 Å². The molecule has 0 heterocycles. The third-order valence-corrected chi connectivity index (χ3v) is 6.49. The van der Waals surface area contributed by atoms with Gasteiger partial charge in [-0.3, -0.25) is 4.79 Å². The molecule has 0 radical (unpaired) electrons. The molecule has 6 heteroatoms. The van der Waals surface area contributed by atoms with E-state index in [-0.39, 0.29) is 23.4 Å². The van der Waals surface area contributed by atoms with E-state index in [1.807, 2.05) is 41.5 Å². The highest BCUT2D eigenvalue weighted by molar-refractivity contribution is 8.13. The predicted molar refractivity (Wildman–Crippen MR) is 82.4 cm³/mol. The quantitative estimate of drug-likeness (QED) is 0.610. The lowest BCUT2D eigenvalue weighted by molar-refractivity contribution is -0.109. The van der Waals surface area contributed by atoms with Gasteiger partial charge in [0.25, 0.3) is 0 Å². The SMILES string of the molecule is CC(=O)SCC[Si](OC(C)C)(OC(C)C)OC(C)C. The zero-order chi connectivity index (χ0) is 15.1. The van der Waals surface area contributed by atoms with Crippen LogP contribution >= 0.6 is 11.8 Å². The molecule has 0 aliphatic rings. The third-order valence-electron chi connectivity index (χ3n) is 1.96. The highest BCUT2D eigenvalue weighted by atomic mass is 32.2. The molecule has 0 aliphatic heterocycles. The van der Waals surface area contributed by atoms with Crippen LogP contribution in [0.4, 0.5) is 0 Å². The van der Waals surface area contributed by atoms with E-state index in [0.29, 0.717) is 11.8 Å². The first-order valence-corrected chi connectivity index (χ1v) is 9.75. The van der Waals surface area contributed by atoms with Crippen LogP contribution in [0.25, 0.3) is 0 Å². The van der Waals surface area contributed by atoms with Crippen molar-refractivity contribution in [3.63, 3.8) is 0 Å². The van der Waals surface area contributed by atoms with Gasteiger partial charge < -0.3 is 13.3 Å². The van der Waals surface area contributed by atoms with Crippen molar-refractivity contribution in [1.82, 2.24) is 0 Å². The van der Waals surface area contributed by atoms with Gasteiger partial charge in [0.1, 0.15) is 0 Å². The van der Waals surface area contributed by atoms with E-state index < -0.39 is 8.80 Å². The van der Waals surface area contributed by atoms with Crippen LogP contribution in [-0.4, -0.2) is 38.0 Å². The Balaban J connectivity index is 4.82. The fourth-order valence-corrected chi connectivity index (χ4v) is 6.03. The second kappa shape index (κ2) is 9.13. The summed E-state index contributed by atoms with van der Waals surface area (Å²) in [5.74, 6) is 0.674. The third kappa shape index (κ3) is 9.62. The van der Waals surface area contributed by atoms with Crippen LogP contribution in [0.5, 0.6) is 0 Å². The van der Waals surface area contributed by atoms with E-state index in [4.69, 9.17) is 13.3 Å². The molecule has 0 aromatic heterocycles. The number of rotatable bonds is 9.